The van der Waals surface area contributed by atoms with E-state index in [4.69, 9.17) is 19.9 Å². The lowest BCUT2D eigenvalue weighted by atomic mass is 9.89. The first kappa shape index (κ1) is 49.5. The van der Waals surface area contributed by atoms with Gasteiger partial charge in [0.2, 0.25) is 27.7 Å². The number of nitrogens with two attached hydrogens (primary N) is 1. The summed E-state index contributed by atoms with van der Waals surface area (Å²) in [7, 11) is 0.676. The van der Waals surface area contributed by atoms with Crippen LogP contribution in [0.15, 0.2) is 30.3 Å². The fourth-order valence-electron chi connectivity index (χ4n) is 7.94. The standard InChI is InChI=1S/C41H69N7O10S/c1-9-28(4)36(46(6)40(52)35(27(2)3)44-41(53)47-20-22-58-23-21-47)33(56-7)26-34(49)48-19-13-17-32(48)37(57-8)29(5)38(50)43-31(25-30-15-11-10-12-16-30)39(51)45-59(54,55)24-14-18-42/h10-12,15-16,27-29,31-33,35-37H,9,13-14,17-26,42H2,1-8H3,(H,43,50)(H,44,53)(H,45,51)/t28-,29+,31-,32-,33+,35-,36-,37+/m0/s1. The lowest BCUT2D eigenvalue weighted by molar-refractivity contribution is -0.147. The van der Waals surface area contributed by atoms with Crippen LogP contribution in [0.4, 0.5) is 4.79 Å². The summed E-state index contributed by atoms with van der Waals surface area (Å²) in [4.78, 5) is 73.8. The Morgan fingerprint density at radius 1 is 0.966 bits per heavy atom. The Morgan fingerprint density at radius 3 is 2.20 bits per heavy atom. The molecule has 0 spiro atoms. The van der Waals surface area contributed by atoms with Crippen molar-refractivity contribution in [2.24, 2.45) is 23.5 Å². The maximum Gasteiger partial charge on any atom is 0.318 e. The summed E-state index contributed by atoms with van der Waals surface area (Å²) in [5.41, 5.74) is 6.19. The molecule has 6 amide bonds. The van der Waals surface area contributed by atoms with E-state index in [1.165, 1.54) is 14.2 Å². The van der Waals surface area contributed by atoms with Gasteiger partial charge in [-0.05, 0) is 43.2 Å². The summed E-state index contributed by atoms with van der Waals surface area (Å²) in [6, 6.07) is 5.55. The van der Waals surface area contributed by atoms with Gasteiger partial charge in [-0.3, -0.25) is 23.9 Å². The Labute approximate surface area is 350 Å². The van der Waals surface area contributed by atoms with Crippen LogP contribution in [0.5, 0.6) is 0 Å². The van der Waals surface area contributed by atoms with Crippen LogP contribution in [-0.2, 0) is 49.8 Å². The second-order valence-electron chi connectivity index (χ2n) is 16.0. The molecule has 1 aromatic rings. The van der Waals surface area contributed by atoms with Gasteiger partial charge in [0.25, 0.3) is 5.91 Å². The van der Waals surface area contributed by atoms with Crippen LogP contribution in [0.2, 0.25) is 0 Å². The van der Waals surface area contributed by atoms with Crippen molar-refractivity contribution < 1.29 is 46.6 Å². The molecule has 0 aliphatic carbocycles. The predicted octanol–water partition coefficient (Wildman–Crippen LogP) is 1.50. The number of amides is 6. The topological polar surface area (TPSA) is 219 Å². The minimum Gasteiger partial charge on any atom is -0.379 e. The van der Waals surface area contributed by atoms with Crippen LogP contribution in [0.25, 0.3) is 0 Å². The third-order valence-corrected chi connectivity index (χ3v) is 12.9. The molecule has 0 unspecified atom stereocenters. The van der Waals surface area contributed by atoms with Gasteiger partial charge in [0.1, 0.15) is 12.1 Å². The maximum absolute atomic E-state index is 14.3. The van der Waals surface area contributed by atoms with Crippen LogP contribution in [0.1, 0.15) is 72.3 Å². The second-order valence-corrected chi connectivity index (χ2v) is 17.9. The third kappa shape index (κ3) is 14.1. The zero-order valence-electron chi connectivity index (χ0n) is 36.2. The van der Waals surface area contributed by atoms with Gasteiger partial charge in [0.15, 0.2) is 0 Å². The molecule has 1 aromatic carbocycles. The van der Waals surface area contributed by atoms with Gasteiger partial charge in [-0.2, -0.15) is 0 Å². The molecule has 2 saturated heterocycles. The van der Waals surface area contributed by atoms with Crippen LogP contribution in [0.3, 0.4) is 0 Å². The van der Waals surface area contributed by atoms with E-state index in [9.17, 15) is 32.4 Å². The third-order valence-electron chi connectivity index (χ3n) is 11.6. The number of likely N-dealkylation sites (N-methyl/N-ethyl adjacent to an activating group) is 1. The van der Waals surface area contributed by atoms with Gasteiger partial charge < -0.3 is 45.3 Å². The molecule has 0 saturated carbocycles. The molecular weight excluding hydrogens is 783 g/mol. The first-order chi connectivity index (χ1) is 28.0. The highest BCUT2D eigenvalue weighted by atomic mass is 32.2. The minimum absolute atomic E-state index is 0.0358. The molecule has 0 bridgehead atoms. The summed E-state index contributed by atoms with van der Waals surface area (Å²) < 4.78 is 44.6. The summed E-state index contributed by atoms with van der Waals surface area (Å²) in [6.45, 7) is 11.7. The van der Waals surface area contributed by atoms with Crippen molar-refractivity contribution in [2.75, 3.05) is 66.4 Å². The van der Waals surface area contributed by atoms with Crippen molar-refractivity contribution in [1.82, 2.24) is 30.1 Å². The number of methoxy groups -OCH3 is 2. The molecule has 8 atom stereocenters. The fourth-order valence-corrected chi connectivity index (χ4v) is 9.04. The van der Waals surface area contributed by atoms with Crippen molar-refractivity contribution in [3.63, 3.8) is 0 Å². The number of carbonyl (C=O) groups is 5. The summed E-state index contributed by atoms with van der Waals surface area (Å²) in [6.07, 6.45) is 0.579. The number of sulfonamides is 1. The van der Waals surface area contributed by atoms with Gasteiger partial charge in [-0.1, -0.05) is 71.4 Å². The smallest absolute Gasteiger partial charge is 0.318 e. The van der Waals surface area contributed by atoms with Crippen LogP contribution in [0, 0.1) is 17.8 Å². The Kier molecular flexibility index (Phi) is 20.0. The molecule has 2 fully saturated rings. The molecule has 2 aliphatic heterocycles. The Balaban J connectivity index is 1.79. The zero-order valence-corrected chi connectivity index (χ0v) is 37.0. The van der Waals surface area contributed by atoms with E-state index in [2.05, 4.69) is 15.4 Å². The normalized spacial score (nSPS) is 19.5. The number of hydrogen-bond acceptors (Lipinski definition) is 11. The minimum atomic E-state index is -3.99. The summed E-state index contributed by atoms with van der Waals surface area (Å²) >= 11 is 0. The molecule has 59 heavy (non-hydrogen) atoms. The first-order valence-electron chi connectivity index (χ1n) is 20.8. The van der Waals surface area contributed by atoms with Crippen LogP contribution < -0.4 is 21.1 Å². The molecule has 2 heterocycles. The summed E-state index contributed by atoms with van der Waals surface area (Å²) in [5, 5.41) is 5.69. The van der Waals surface area contributed by atoms with E-state index in [1.807, 2.05) is 33.8 Å². The zero-order chi connectivity index (χ0) is 43.9. The van der Waals surface area contributed by atoms with E-state index in [1.54, 1.807) is 52.9 Å². The monoisotopic (exact) mass is 851 g/mol. The average molecular weight is 852 g/mol. The molecule has 0 aromatic heterocycles. The highest BCUT2D eigenvalue weighted by molar-refractivity contribution is 7.90. The molecule has 0 radical (unpaired) electrons. The number of ether oxygens (including phenoxy) is 3. The average Bonchev–Trinajstić information content (AvgIpc) is 3.71. The highest BCUT2D eigenvalue weighted by Gasteiger charge is 2.43. The Hall–Kier alpha value is -3.84. The SMILES string of the molecule is CC[C@H](C)[C@@H]([C@@H](CC(=O)N1CCC[C@H]1[C@H](OC)[C@@H](C)C(=O)N[C@@H](Cc1ccccc1)C(=O)NS(=O)(=O)CCCN)OC)N(C)C(=O)[C@@H](NC(=O)N1CCOCC1)C(C)C. The van der Waals surface area contributed by atoms with E-state index in [0.29, 0.717) is 57.7 Å². The van der Waals surface area contributed by atoms with Gasteiger partial charge in [-0.25, -0.2) is 13.2 Å². The molecular formula is C41H69N7O10S. The number of urea groups is 1. The Bertz CT molecular complexity index is 1630. The predicted molar refractivity (Wildman–Crippen MR) is 223 cm³/mol. The Morgan fingerprint density at radius 2 is 1.63 bits per heavy atom. The van der Waals surface area contributed by atoms with Crippen molar-refractivity contribution in [1.29, 1.82) is 0 Å². The lowest BCUT2D eigenvalue weighted by Crippen LogP contribution is -2.59. The van der Waals surface area contributed by atoms with Crippen LogP contribution >= 0.6 is 0 Å². The number of carbonyl (C=O) groups excluding carboxylic acids is 5. The van der Waals surface area contributed by atoms with Gasteiger partial charge in [-0.15, -0.1) is 0 Å². The number of morpholine rings is 1. The maximum atomic E-state index is 14.3. The van der Waals surface area contributed by atoms with Crippen molar-refractivity contribution in [2.45, 2.75) is 110 Å². The van der Waals surface area contributed by atoms with Crippen molar-refractivity contribution in [3.8, 4) is 0 Å². The fraction of sp³-hybridized carbons (Fsp3) is 0.732. The number of nitrogens with zero attached hydrogens (tertiary/aromatic N) is 3. The van der Waals surface area contributed by atoms with Gasteiger partial charge >= 0.3 is 6.03 Å². The van der Waals surface area contributed by atoms with Crippen molar-refractivity contribution in [3.05, 3.63) is 35.9 Å². The number of rotatable bonds is 22. The van der Waals surface area contributed by atoms with E-state index in [-0.39, 0.29) is 61.2 Å². The number of hydrogen-bond donors (Lipinski definition) is 4. The highest BCUT2D eigenvalue weighted by Crippen LogP contribution is 2.30. The van der Waals surface area contributed by atoms with Gasteiger partial charge in [0.05, 0.1) is 55.6 Å². The summed E-state index contributed by atoms with van der Waals surface area (Å²) in [5.74, 6) is -3.42. The van der Waals surface area contributed by atoms with E-state index >= 15 is 0 Å². The second kappa shape index (κ2) is 23.8. The largest absolute Gasteiger partial charge is 0.379 e. The number of nitrogens with one attached hydrogen (secondary N) is 3. The lowest BCUT2D eigenvalue weighted by Gasteiger charge is -2.41. The van der Waals surface area contributed by atoms with E-state index < -0.39 is 64.1 Å². The van der Waals surface area contributed by atoms with Gasteiger partial charge in [0, 0.05) is 47.3 Å². The molecule has 17 nitrogen and oxygen atoms in total. The molecule has 5 N–H and O–H groups in total. The number of likely N-dealkylation sites (tertiary alicyclic amines) is 1. The molecule has 2 aliphatic rings. The quantitative estimate of drug-likeness (QED) is 0.131. The first-order valence-corrected chi connectivity index (χ1v) is 22.5. The molecule has 3 rings (SSSR count). The van der Waals surface area contributed by atoms with E-state index in [0.717, 1.165) is 0 Å². The van der Waals surface area contributed by atoms with Crippen LogP contribution in [-0.4, -0.2) is 156 Å². The molecule has 334 valence electrons. The number of benzene rings is 1. The molecule has 18 heteroatoms. The van der Waals surface area contributed by atoms with Crippen molar-refractivity contribution >= 4 is 39.7 Å².